The molecule has 322 valence electrons. The molecule has 11 nitrogen and oxygen atoms in total. The molecular weight excluding hydrogens is 781 g/mol. The Labute approximate surface area is 360 Å². The van der Waals surface area contributed by atoms with Crippen LogP contribution in [-0.2, 0) is 11.3 Å². The van der Waals surface area contributed by atoms with E-state index in [-0.39, 0.29) is 32.3 Å². The Morgan fingerprint density at radius 1 is 0.644 bits per heavy atom. The molecule has 13 heteroatoms. The number of rotatable bonds is 32. The highest BCUT2D eigenvalue weighted by molar-refractivity contribution is 8.76. The highest BCUT2D eigenvalue weighted by Gasteiger charge is 2.07. The van der Waals surface area contributed by atoms with Crippen LogP contribution in [0, 0.1) is 0 Å². The van der Waals surface area contributed by atoms with Crippen LogP contribution in [-0.4, -0.2) is 117 Å². The maximum atomic E-state index is 12.2. The molecule has 0 bridgehead atoms. The number of benzene rings is 2. The summed E-state index contributed by atoms with van der Waals surface area (Å²) in [4.78, 5) is 16.1. The average molecular weight is 848 g/mol. The number of carbonyl (C=O) groups excluding carboxylic acids is 1. The van der Waals surface area contributed by atoms with Crippen molar-refractivity contribution in [1.82, 2.24) is 16.0 Å². The van der Waals surface area contributed by atoms with Crippen molar-refractivity contribution in [1.29, 1.82) is 0 Å². The van der Waals surface area contributed by atoms with Gasteiger partial charge in [-0.25, -0.2) is 4.57 Å². The minimum Gasteiger partial charge on any atom is -0.395 e. The Kier molecular flexibility index (Phi) is 26.6. The number of allylic oxidation sites excluding steroid dienone is 4. The summed E-state index contributed by atoms with van der Waals surface area (Å²) in [7, 11) is 3.61. The van der Waals surface area contributed by atoms with Gasteiger partial charge in [-0.2, -0.15) is 0 Å². The number of aliphatic hydroxyl groups excluding tert-OH is 4. The van der Waals surface area contributed by atoms with Gasteiger partial charge in [-0.1, -0.05) is 76.2 Å². The van der Waals surface area contributed by atoms with E-state index in [0.717, 1.165) is 90.6 Å². The van der Waals surface area contributed by atoms with E-state index in [1.165, 1.54) is 0 Å². The lowest BCUT2D eigenvalue weighted by atomic mass is 10.1. The van der Waals surface area contributed by atoms with Gasteiger partial charge in [0.2, 0.25) is 5.91 Å². The van der Waals surface area contributed by atoms with E-state index >= 15 is 0 Å². The normalized spacial score (nSPS) is 11.9. The van der Waals surface area contributed by atoms with Crippen molar-refractivity contribution in [3.63, 3.8) is 0 Å². The summed E-state index contributed by atoms with van der Waals surface area (Å²) >= 11 is 0. The molecule has 0 aliphatic heterocycles. The molecule has 0 aliphatic carbocycles. The summed E-state index contributed by atoms with van der Waals surface area (Å²) in [5.41, 5.74) is 6.35. The maximum Gasteiger partial charge on any atom is 0.220 e. The van der Waals surface area contributed by atoms with Gasteiger partial charge in [0.05, 0.1) is 26.4 Å². The Morgan fingerprint density at radius 2 is 1.19 bits per heavy atom. The Balaban J connectivity index is 1.14. The third-order valence-corrected chi connectivity index (χ3v) is 11.7. The second-order valence-electron chi connectivity index (χ2n) is 13.7. The lowest BCUT2D eigenvalue weighted by Crippen LogP contribution is -2.34. The number of aromatic nitrogens is 1. The van der Waals surface area contributed by atoms with Crippen molar-refractivity contribution in [2.75, 3.05) is 100 Å². The molecule has 0 saturated carbocycles. The smallest absolute Gasteiger partial charge is 0.220 e. The van der Waals surface area contributed by atoms with Crippen LogP contribution in [0.4, 0.5) is 11.4 Å². The number of nitrogens with one attached hydrogen (secondary N) is 3. The molecule has 0 radical (unpaired) electrons. The van der Waals surface area contributed by atoms with Gasteiger partial charge in [-0.15, -0.1) is 0 Å². The van der Waals surface area contributed by atoms with Crippen LogP contribution in [0.5, 0.6) is 0 Å². The van der Waals surface area contributed by atoms with E-state index in [2.05, 4.69) is 69.3 Å². The van der Waals surface area contributed by atoms with Crippen molar-refractivity contribution in [3.8, 4) is 0 Å². The molecule has 7 N–H and O–H groups in total. The van der Waals surface area contributed by atoms with Gasteiger partial charge in [0.1, 0.15) is 6.54 Å². The first kappa shape index (κ1) is 49.3. The largest absolute Gasteiger partial charge is 0.395 e. The topological polar surface area (TPSA) is 144 Å². The number of hydrogen-bond donors (Lipinski definition) is 7. The van der Waals surface area contributed by atoms with Crippen molar-refractivity contribution in [2.45, 2.75) is 39.2 Å². The first-order chi connectivity index (χ1) is 29.0. The number of hydrogen-bond acceptors (Lipinski definition) is 11. The van der Waals surface area contributed by atoms with Crippen molar-refractivity contribution < 1.29 is 29.8 Å². The molecule has 2 aromatic carbocycles. The van der Waals surface area contributed by atoms with Gasteiger partial charge in [0.15, 0.2) is 12.4 Å². The summed E-state index contributed by atoms with van der Waals surface area (Å²) in [6, 6.07) is 20.4. The lowest BCUT2D eigenvalue weighted by Gasteiger charge is -2.22. The minimum absolute atomic E-state index is 0.0435. The molecule has 1 heterocycles. The minimum atomic E-state index is 0.0435. The van der Waals surface area contributed by atoms with E-state index < -0.39 is 0 Å². The zero-order valence-corrected chi connectivity index (χ0v) is 36.4. The number of amides is 1. The van der Waals surface area contributed by atoms with E-state index in [1.54, 1.807) is 10.8 Å². The predicted molar refractivity (Wildman–Crippen MR) is 250 cm³/mol. The lowest BCUT2D eigenvalue weighted by molar-refractivity contribution is -0.697. The number of pyridine rings is 1. The first-order valence-corrected chi connectivity index (χ1v) is 23.2. The third-order valence-electron chi connectivity index (χ3n) is 9.24. The van der Waals surface area contributed by atoms with Crippen LogP contribution in [0.15, 0.2) is 103 Å². The molecule has 0 atom stereocenters. The van der Waals surface area contributed by atoms with Crippen molar-refractivity contribution in [3.05, 3.63) is 120 Å². The number of aliphatic hydroxyl groups is 4. The van der Waals surface area contributed by atoms with Gasteiger partial charge in [0.25, 0.3) is 0 Å². The van der Waals surface area contributed by atoms with Crippen LogP contribution in [0.3, 0.4) is 0 Å². The van der Waals surface area contributed by atoms with Crippen LogP contribution >= 0.6 is 21.6 Å². The first-order valence-electron chi connectivity index (χ1n) is 20.8. The number of nitrogens with zero attached hydrogens (tertiary/aromatic N) is 3. The van der Waals surface area contributed by atoms with Gasteiger partial charge in [-0.3, -0.25) is 4.79 Å². The number of anilines is 2. The molecule has 0 saturated heterocycles. The standard InChI is InChI=1S/C46H66N6O5S2/c1-2-40(6-7-41-10-14-44(15-11-41)51(30-34-53)31-35-54)18-26-48-22-3-25-49-46(57)21-39-59-58-38-5-24-47-23-4-27-50-28-19-43(20-29-50)9-8-42-12-16-45(17-13-42)52(32-36-55)33-37-56/h2,6-20,26,28-29,47-48,53-56H,3-5,21-25,27,30-39H2,1H3/p+1/b7-6+,26-18-,40-2-. The van der Waals surface area contributed by atoms with Crippen LogP contribution in [0.2, 0.25) is 0 Å². The molecule has 0 spiro atoms. The molecule has 1 aromatic heterocycles. The highest BCUT2D eigenvalue weighted by Crippen LogP contribution is 2.22. The predicted octanol–water partition coefficient (Wildman–Crippen LogP) is 5.14. The SMILES string of the molecule is C/C=C(\C=C/NCCCNC(=O)CCSSCCCNCCC[n+]1ccc(/C=C/c2ccc(N(CCO)CCO)cc2)cc1)/C=C/c1ccc(N(CCO)CCO)cc1. The van der Waals surface area contributed by atoms with Gasteiger partial charge in [-0.05, 0) is 85.1 Å². The molecule has 1 amide bonds. The summed E-state index contributed by atoms with van der Waals surface area (Å²) in [6.07, 6.45) is 22.1. The quantitative estimate of drug-likeness (QED) is 0.0195. The number of aryl methyl sites for hydroxylation is 1. The maximum absolute atomic E-state index is 12.2. The number of carbonyl (C=O) groups is 1. The average Bonchev–Trinajstić information content (AvgIpc) is 3.26. The van der Waals surface area contributed by atoms with Crippen LogP contribution in [0.25, 0.3) is 18.2 Å². The second-order valence-corrected chi connectivity index (χ2v) is 16.4. The summed E-state index contributed by atoms with van der Waals surface area (Å²) in [5, 5.41) is 46.9. The highest BCUT2D eigenvalue weighted by atomic mass is 33.1. The molecule has 59 heavy (non-hydrogen) atoms. The zero-order valence-electron chi connectivity index (χ0n) is 34.8. The van der Waals surface area contributed by atoms with Crippen molar-refractivity contribution in [2.24, 2.45) is 0 Å². The van der Waals surface area contributed by atoms with Gasteiger partial charge < -0.3 is 46.2 Å². The summed E-state index contributed by atoms with van der Waals surface area (Å²) in [6.45, 7) is 8.54. The van der Waals surface area contributed by atoms with Gasteiger partial charge in [0, 0.05) is 93.7 Å². The monoisotopic (exact) mass is 847 g/mol. The molecule has 3 aromatic rings. The second kappa shape index (κ2) is 31.8. The van der Waals surface area contributed by atoms with Crippen LogP contribution in [0.1, 0.15) is 49.3 Å². The third kappa shape index (κ3) is 21.7. The Morgan fingerprint density at radius 3 is 1.76 bits per heavy atom. The van der Waals surface area contributed by atoms with E-state index in [0.29, 0.717) is 39.1 Å². The fraction of sp³-hybridized carbons (Fsp3) is 0.435. The van der Waals surface area contributed by atoms with E-state index in [9.17, 15) is 25.2 Å². The molecule has 0 unspecified atom stereocenters. The molecule has 0 aliphatic rings. The molecular formula is C46H67N6O5S2+. The summed E-state index contributed by atoms with van der Waals surface area (Å²) in [5.74, 6) is 1.98. The fourth-order valence-corrected chi connectivity index (χ4v) is 8.02. The Hall–Kier alpha value is -4.08. The van der Waals surface area contributed by atoms with Crippen LogP contribution < -0.4 is 30.3 Å². The Bertz CT molecular complexity index is 1660. The fourth-order valence-electron chi connectivity index (χ4n) is 5.94. The molecule has 3 rings (SSSR count). The molecule has 0 fully saturated rings. The van der Waals surface area contributed by atoms with Gasteiger partial charge >= 0.3 is 0 Å². The van der Waals surface area contributed by atoms with E-state index in [1.807, 2.05) is 94.4 Å². The zero-order chi connectivity index (χ0) is 42.2. The van der Waals surface area contributed by atoms with E-state index in [4.69, 9.17) is 0 Å². The van der Waals surface area contributed by atoms with Crippen molar-refractivity contribution >= 4 is 57.1 Å². The summed E-state index contributed by atoms with van der Waals surface area (Å²) < 4.78 is 2.21.